The summed E-state index contributed by atoms with van der Waals surface area (Å²) in [5, 5.41) is 0. The lowest BCUT2D eigenvalue weighted by atomic mass is 10.1. The summed E-state index contributed by atoms with van der Waals surface area (Å²) in [6.07, 6.45) is 2.96. The fourth-order valence-corrected chi connectivity index (χ4v) is 0. The summed E-state index contributed by atoms with van der Waals surface area (Å²) in [6, 6.07) is 0. The molecular weight excluding hydrogens is 127 g/mol. The van der Waals surface area contributed by atoms with Crippen LogP contribution in [0.2, 0.25) is 6.32 Å². The summed E-state index contributed by atoms with van der Waals surface area (Å²) in [4.78, 5) is 0. The Morgan fingerprint density at radius 1 is 1.80 bits per heavy atom. The van der Waals surface area contributed by atoms with Gasteiger partial charge in [0, 0.05) is 0 Å². The Morgan fingerprint density at radius 2 is 2.00 bits per heavy atom. The molecule has 0 radical (unpaired) electrons. The van der Waals surface area contributed by atoms with Crippen LogP contribution in [0.25, 0.3) is 0 Å². The molecule has 0 bridgehead atoms. The van der Waals surface area contributed by atoms with Gasteiger partial charge in [0.25, 0.3) is 0 Å². The molecule has 2 heteroatoms. The van der Waals surface area contributed by atoms with E-state index in [4.69, 9.17) is 0 Å². The van der Waals surface area contributed by atoms with Crippen LogP contribution in [-0.4, -0.2) is 7.85 Å². The van der Waals surface area contributed by atoms with E-state index in [1.54, 1.807) is 0 Å². The second-order valence-electron chi connectivity index (χ2n) is 0.697. The quantitative estimate of drug-likeness (QED) is 0.368. The molecule has 0 aliphatic heterocycles. The normalized spacial score (nSPS) is 4.80. The molecule has 0 aromatic heterocycles. The average molecular weight is 135 g/mol. The third-order valence-corrected chi connectivity index (χ3v) is 0.289. The first-order chi connectivity index (χ1) is 1.91. The van der Waals surface area contributed by atoms with Crippen molar-refractivity contribution in [2.75, 3.05) is 0 Å². The summed E-state index contributed by atoms with van der Waals surface area (Å²) in [5.74, 6) is 0. The van der Waals surface area contributed by atoms with Gasteiger partial charge in [-0.05, 0) is 0 Å². The van der Waals surface area contributed by atoms with Gasteiger partial charge in [-0.3, -0.25) is 0 Å². The first kappa shape index (κ1) is 8.99. The fraction of sp³-hybridized carbons (Fsp3) is 0.333. The van der Waals surface area contributed by atoms with Crippen molar-refractivity contribution in [2.45, 2.75) is 6.32 Å². The van der Waals surface area contributed by atoms with E-state index in [9.17, 15) is 0 Å². The van der Waals surface area contributed by atoms with Crippen molar-refractivity contribution in [3.63, 3.8) is 0 Å². The lowest BCUT2D eigenvalue weighted by molar-refractivity contribution is 1.76. The molecule has 0 aliphatic carbocycles. The Kier molecular flexibility index (Phi) is 15.9. The smallest absolute Gasteiger partial charge is 0.106 e. The Labute approximate surface area is 44.4 Å². The highest BCUT2D eigenvalue weighted by Crippen LogP contribution is 1.61. The molecule has 0 unspecified atom stereocenters. The minimum atomic E-state index is 0. The number of hydrogen-bond donors (Lipinski definition) is 0. The van der Waals surface area contributed by atoms with Crippen LogP contribution in [-0.2, 0) is 0 Å². The standard InChI is InChI=1S/C3H7B.BrH/c1-2-3-4;/h2H,1,3-4H2;1H. The zero-order valence-corrected chi connectivity index (χ0v) is 5.11. The van der Waals surface area contributed by atoms with E-state index >= 15 is 0 Å². The zero-order valence-electron chi connectivity index (χ0n) is 3.40. The van der Waals surface area contributed by atoms with E-state index in [0.29, 0.717) is 0 Å². The van der Waals surface area contributed by atoms with Gasteiger partial charge >= 0.3 is 0 Å². The van der Waals surface area contributed by atoms with Gasteiger partial charge in [0.1, 0.15) is 7.85 Å². The lowest BCUT2D eigenvalue weighted by Crippen LogP contribution is -1.47. The highest BCUT2D eigenvalue weighted by molar-refractivity contribution is 8.93. The lowest BCUT2D eigenvalue weighted by Gasteiger charge is -1.56. The summed E-state index contributed by atoms with van der Waals surface area (Å²) >= 11 is 0. The molecule has 0 aromatic carbocycles. The molecule has 0 aliphatic rings. The monoisotopic (exact) mass is 134 g/mol. The van der Waals surface area contributed by atoms with E-state index in [1.165, 1.54) is 0 Å². The maximum Gasteiger partial charge on any atom is 0.106 e. The number of halogens is 1. The van der Waals surface area contributed by atoms with Crippen LogP contribution in [0, 0.1) is 0 Å². The molecule has 0 rings (SSSR count). The number of allylic oxidation sites excluding steroid dienone is 1. The predicted molar refractivity (Wildman–Crippen MR) is 33.9 cm³/mol. The summed E-state index contributed by atoms with van der Waals surface area (Å²) < 4.78 is 0. The summed E-state index contributed by atoms with van der Waals surface area (Å²) in [7, 11) is 2.06. The van der Waals surface area contributed by atoms with E-state index in [0.717, 1.165) is 6.32 Å². The number of hydrogen-bond acceptors (Lipinski definition) is 0. The van der Waals surface area contributed by atoms with Crippen LogP contribution in [0.1, 0.15) is 0 Å². The van der Waals surface area contributed by atoms with Crippen molar-refractivity contribution in [1.82, 2.24) is 0 Å². The first-order valence-corrected chi connectivity index (χ1v) is 1.52. The van der Waals surface area contributed by atoms with Crippen LogP contribution in [0.5, 0.6) is 0 Å². The van der Waals surface area contributed by atoms with E-state index < -0.39 is 0 Å². The number of rotatable bonds is 1. The van der Waals surface area contributed by atoms with Gasteiger partial charge in [0.2, 0.25) is 0 Å². The molecule has 0 saturated carbocycles. The molecule has 0 saturated heterocycles. The van der Waals surface area contributed by atoms with Crippen molar-refractivity contribution >= 4 is 24.8 Å². The minimum Gasteiger partial charge on any atom is -0.114 e. The van der Waals surface area contributed by atoms with Crippen molar-refractivity contribution in [3.05, 3.63) is 12.7 Å². The predicted octanol–water partition coefficient (Wildman–Crippen LogP) is 0.802. The second-order valence-corrected chi connectivity index (χ2v) is 0.697. The van der Waals surface area contributed by atoms with Crippen molar-refractivity contribution < 1.29 is 0 Å². The van der Waals surface area contributed by atoms with Gasteiger partial charge in [-0.25, -0.2) is 0 Å². The summed E-state index contributed by atoms with van der Waals surface area (Å²) in [5.41, 5.74) is 0. The Balaban J connectivity index is 0. The average Bonchev–Trinajstić information content (AvgIpc) is 1.37. The maximum atomic E-state index is 3.48. The zero-order chi connectivity index (χ0) is 3.41. The highest BCUT2D eigenvalue weighted by atomic mass is 79.9. The van der Waals surface area contributed by atoms with E-state index in [-0.39, 0.29) is 17.0 Å². The van der Waals surface area contributed by atoms with Gasteiger partial charge < -0.3 is 0 Å². The fourth-order valence-electron chi connectivity index (χ4n) is 0. The molecule has 0 nitrogen and oxygen atoms in total. The Bertz CT molecular complexity index is 20.9. The largest absolute Gasteiger partial charge is 0.114 e. The molecule has 0 spiro atoms. The molecule has 30 valence electrons. The van der Waals surface area contributed by atoms with Gasteiger partial charge in [0.15, 0.2) is 0 Å². The van der Waals surface area contributed by atoms with Crippen LogP contribution in [0.15, 0.2) is 12.7 Å². The second kappa shape index (κ2) is 8.86. The Morgan fingerprint density at radius 3 is 2.00 bits per heavy atom. The summed E-state index contributed by atoms with van der Waals surface area (Å²) in [6.45, 7) is 3.48. The van der Waals surface area contributed by atoms with Crippen molar-refractivity contribution in [3.8, 4) is 0 Å². The third kappa shape index (κ3) is 13.5. The van der Waals surface area contributed by atoms with E-state index in [1.807, 2.05) is 6.08 Å². The van der Waals surface area contributed by atoms with E-state index in [2.05, 4.69) is 14.4 Å². The van der Waals surface area contributed by atoms with Gasteiger partial charge in [-0.2, -0.15) is 0 Å². The SMILES string of the molecule is BCC=C.Br. The molecule has 0 N–H and O–H groups in total. The van der Waals surface area contributed by atoms with Crippen molar-refractivity contribution in [1.29, 1.82) is 0 Å². The van der Waals surface area contributed by atoms with Crippen LogP contribution in [0.3, 0.4) is 0 Å². The maximum absolute atomic E-state index is 3.48. The van der Waals surface area contributed by atoms with Crippen molar-refractivity contribution in [2.24, 2.45) is 0 Å². The van der Waals surface area contributed by atoms with Crippen LogP contribution >= 0.6 is 17.0 Å². The molecule has 0 aromatic rings. The van der Waals surface area contributed by atoms with Crippen LogP contribution in [0.4, 0.5) is 0 Å². The van der Waals surface area contributed by atoms with Gasteiger partial charge in [-0.1, -0.05) is 12.4 Å². The molecule has 0 heterocycles. The minimum absolute atomic E-state index is 0. The first-order valence-electron chi connectivity index (χ1n) is 1.52. The molecule has 0 fully saturated rings. The van der Waals surface area contributed by atoms with Crippen LogP contribution < -0.4 is 0 Å². The molecule has 5 heavy (non-hydrogen) atoms. The highest BCUT2D eigenvalue weighted by Gasteiger charge is 1.47. The molecular formula is C3H8BBr. The topological polar surface area (TPSA) is 0 Å². The molecule has 0 atom stereocenters. The Hall–Kier alpha value is 0.285. The third-order valence-electron chi connectivity index (χ3n) is 0.289. The molecule has 0 amide bonds. The van der Waals surface area contributed by atoms with Gasteiger partial charge in [-0.15, -0.1) is 23.6 Å². The van der Waals surface area contributed by atoms with Gasteiger partial charge in [0.05, 0.1) is 0 Å².